The first-order valence-corrected chi connectivity index (χ1v) is 18.7. The number of unbranched alkanes of at least 4 members (excludes halogenated alkanes) is 2. The fourth-order valence-electron chi connectivity index (χ4n) is 8.94. The minimum Gasteiger partial charge on any atom is -0.455 e. The molecule has 10 heteroatoms. The summed E-state index contributed by atoms with van der Waals surface area (Å²) in [5.41, 5.74) is -1.08. The fourth-order valence-corrected chi connectivity index (χ4v) is 8.94. The van der Waals surface area contributed by atoms with Crippen molar-refractivity contribution in [3.63, 3.8) is 0 Å². The number of aliphatic hydroxyl groups is 1. The number of allylic oxidation sites excluding steroid dienone is 1. The van der Waals surface area contributed by atoms with Crippen LogP contribution >= 0.6 is 0 Å². The normalized spacial score (nSPS) is 25.3. The summed E-state index contributed by atoms with van der Waals surface area (Å²) in [6, 6.07) is 7.92. The lowest BCUT2D eigenvalue weighted by Crippen LogP contribution is -2.61. The van der Waals surface area contributed by atoms with Gasteiger partial charge >= 0.3 is 5.97 Å². The Labute approximate surface area is 305 Å². The van der Waals surface area contributed by atoms with Crippen LogP contribution in [-0.4, -0.2) is 99.6 Å². The van der Waals surface area contributed by atoms with E-state index in [-0.39, 0.29) is 36.2 Å². The highest BCUT2D eigenvalue weighted by atomic mass is 16.6. The maximum absolute atomic E-state index is 15.0. The van der Waals surface area contributed by atoms with Crippen LogP contribution in [-0.2, 0) is 28.7 Å². The Kier molecular flexibility index (Phi) is 13.0. The van der Waals surface area contributed by atoms with Crippen molar-refractivity contribution in [2.45, 2.75) is 128 Å². The van der Waals surface area contributed by atoms with E-state index >= 15 is 0 Å². The molecule has 3 saturated heterocycles. The van der Waals surface area contributed by atoms with Gasteiger partial charge in [-0.3, -0.25) is 19.2 Å². The monoisotopic (exact) mass is 707 g/mol. The van der Waals surface area contributed by atoms with E-state index in [9.17, 15) is 24.3 Å². The van der Waals surface area contributed by atoms with Crippen molar-refractivity contribution in [2.75, 3.05) is 26.7 Å². The molecule has 10 nitrogen and oxygen atoms in total. The number of ether oxygens (including phenoxy) is 2. The smallest absolute Gasteiger partial charge is 0.313 e. The molecule has 0 aliphatic carbocycles. The number of likely N-dealkylation sites (N-methyl/N-ethyl adjacent to an activating group) is 1. The second kappa shape index (κ2) is 16.4. The summed E-state index contributed by atoms with van der Waals surface area (Å²) in [5.74, 6) is -2.91. The molecule has 1 aromatic rings. The van der Waals surface area contributed by atoms with Crippen molar-refractivity contribution in [1.82, 2.24) is 14.7 Å². The lowest BCUT2D eigenvalue weighted by atomic mass is 9.70. The second-order valence-electron chi connectivity index (χ2n) is 16.5. The van der Waals surface area contributed by atoms with Gasteiger partial charge in [0.1, 0.15) is 17.7 Å². The number of nitrogens with zero attached hydrogens (tertiary/aromatic N) is 3. The first kappa shape index (κ1) is 40.3. The highest BCUT2D eigenvalue weighted by molar-refractivity contribution is 5.98. The third-order valence-corrected chi connectivity index (χ3v) is 11.0. The number of hydrogen-bond donors (Lipinski definition) is 1. The van der Waals surface area contributed by atoms with Crippen LogP contribution < -0.4 is 0 Å². The number of carbonyl (C=O) groups excluding carboxylic acids is 4. The molecule has 1 spiro atoms. The van der Waals surface area contributed by atoms with Crippen molar-refractivity contribution in [1.29, 1.82) is 0 Å². The minimum absolute atomic E-state index is 0.0473. The number of rotatable bonds is 18. The molecule has 3 amide bonds. The third kappa shape index (κ3) is 8.43. The average Bonchev–Trinajstić information content (AvgIpc) is 3.72. The van der Waals surface area contributed by atoms with E-state index in [0.717, 1.165) is 12.0 Å². The highest BCUT2D eigenvalue weighted by Crippen LogP contribution is 2.59. The maximum Gasteiger partial charge on any atom is 0.313 e. The predicted molar refractivity (Wildman–Crippen MR) is 197 cm³/mol. The second-order valence-corrected chi connectivity index (χ2v) is 16.5. The van der Waals surface area contributed by atoms with Gasteiger partial charge in [0.25, 0.3) is 0 Å². The quantitative estimate of drug-likeness (QED) is 0.116. The molecule has 3 aliphatic heterocycles. The van der Waals surface area contributed by atoms with Gasteiger partial charge in [0, 0.05) is 38.7 Å². The topological polar surface area (TPSA) is 117 Å². The molecule has 4 rings (SSSR count). The standard InChI is InChI=1S/C41H61N3O7/c1-10-12-21-31(46)42(9)28(3)34(29-19-15-13-16-20-29)50-38(49)32-30-22-23-41(51-30)33(32)36(47)43(25-17-14-18-26-45)35(41)37(48)44(24-11-2)40(7,8)27-39(4,5)6/h10-11,13,15-16,19-20,28,30,32-35,45H,1-2,12,14,17-18,21-27H2,3-9H3/t28-,30+,32-,33-,34+,35+,41-/m1/s1. The summed E-state index contributed by atoms with van der Waals surface area (Å²) in [7, 11) is 1.71. The summed E-state index contributed by atoms with van der Waals surface area (Å²) in [5, 5.41) is 9.42. The molecular weight excluding hydrogens is 646 g/mol. The molecule has 3 fully saturated rings. The number of benzene rings is 1. The van der Waals surface area contributed by atoms with E-state index in [2.05, 4.69) is 33.9 Å². The molecule has 51 heavy (non-hydrogen) atoms. The van der Waals surface area contributed by atoms with Crippen LogP contribution in [0.2, 0.25) is 0 Å². The molecule has 1 aromatic carbocycles. The number of amides is 3. The van der Waals surface area contributed by atoms with Crippen molar-refractivity contribution < 1.29 is 33.8 Å². The number of esters is 1. The van der Waals surface area contributed by atoms with Crippen LogP contribution in [0.25, 0.3) is 0 Å². The van der Waals surface area contributed by atoms with E-state index in [0.29, 0.717) is 51.6 Å². The molecule has 0 saturated carbocycles. The van der Waals surface area contributed by atoms with Gasteiger partial charge in [-0.2, -0.15) is 0 Å². The van der Waals surface area contributed by atoms with Crippen LogP contribution in [0.1, 0.15) is 105 Å². The molecule has 3 aliphatic rings. The Balaban J connectivity index is 1.71. The molecule has 0 unspecified atom stereocenters. The van der Waals surface area contributed by atoms with Gasteiger partial charge in [0.15, 0.2) is 0 Å². The molecule has 1 N–H and O–H groups in total. The Morgan fingerprint density at radius 2 is 1.78 bits per heavy atom. The molecular formula is C41H61N3O7. The minimum atomic E-state index is -1.18. The molecule has 282 valence electrons. The average molecular weight is 708 g/mol. The van der Waals surface area contributed by atoms with Gasteiger partial charge in [-0.1, -0.05) is 63.3 Å². The van der Waals surface area contributed by atoms with E-state index < -0.39 is 53.2 Å². The molecule has 3 heterocycles. The number of fused-ring (bicyclic) bond motifs is 1. The Hall–Kier alpha value is -3.50. The zero-order valence-electron chi connectivity index (χ0n) is 31.9. The lowest BCUT2D eigenvalue weighted by molar-refractivity contribution is -0.164. The summed E-state index contributed by atoms with van der Waals surface area (Å²) in [6.07, 6.45) is 6.46. The van der Waals surface area contributed by atoms with Crippen molar-refractivity contribution in [2.24, 2.45) is 17.3 Å². The zero-order valence-corrected chi connectivity index (χ0v) is 31.9. The Morgan fingerprint density at radius 3 is 2.39 bits per heavy atom. The van der Waals surface area contributed by atoms with Crippen molar-refractivity contribution >= 4 is 23.7 Å². The largest absolute Gasteiger partial charge is 0.455 e. The van der Waals surface area contributed by atoms with E-state index in [4.69, 9.17) is 9.47 Å². The zero-order chi connectivity index (χ0) is 37.7. The van der Waals surface area contributed by atoms with Gasteiger partial charge < -0.3 is 29.3 Å². The first-order valence-electron chi connectivity index (χ1n) is 18.7. The highest BCUT2D eigenvalue weighted by Gasteiger charge is 2.75. The van der Waals surface area contributed by atoms with Crippen molar-refractivity contribution in [3.8, 4) is 0 Å². The lowest BCUT2D eigenvalue weighted by Gasteiger charge is -2.45. The van der Waals surface area contributed by atoms with Gasteiger partial charge in [0.05, 0.1) is 24.0 Å². The first-order chi connectivity index (χ1) is 24.0. The van der Waals surface area contributed by atoms with E-state index in [1.807, 2.05) is 56.0 Å². The SMILES string of the molecule is C=CCCC(=O)N(C)[C@H](C)[C@H](OC(=O)[C@@H]1[C@@H]2CC[C@]3(O2)[C@H](C(=O)N(CC=C)C(C)(C)CC(C)(C)C)N(CCCCCO)C(=O)[C@@H]13)c1ccccc1. The summed E-state index contributed by atoms with van der Waals surface area (Å²) < 4.78 is 13.1. The number of carbonyl (C=O) groups is 4. The molecule has 0 radical (unpaired) electrons. The van der Waals surface area contributed by atoms with Crippen LogP contribution in [0.5, 0.6) is 0 Å². The predicted octanol–water partition coefficient (Wildman–Crippen LogP) is 5.85. The summed E-state index contributed by atoms with van der Waals surface area (Å²) in [6.45, 7) is 20.7. The van der Waals surface area contributed by atoms with Gasteiger partial charge in [-0.25, -0.2) is 0 Å². The van der Waals surface area contributed by atoms with Crippen LogP contribution in [0, 0.1) is 17.3 Å². The maximum atomic E-state index is 15.0. The number of hydrogen-bond acceptors (Lipinski definition) is 7. The molecule has 7 atom stereocenters. The van der Waals surface area contributed by atoms with Gasteiger partial charge in [-0.05, 0) is 76.7 Å². The Morgan fingerprint density at radius 1 is 1.10 bits per heavy atom. The van der Waals surface area contributed by atoms with E-state index in [1.165, 1.54) is 0 Å². The third-order valence-electron chi connectivity index (χ3n) is 11.0. The van der Waals surface area contributed by atoms with Crippen LogP contribution in [0.4, 0.5) is 0 Å². The Bertz CT molecular complexity index is 1420. The number of aliphatic hydroxyl groups excluding tert-OH is 1. The molecule has 0 aromatic heterocycles. The summed E-state index contributed by atoms with van der Waals surface area (Å²) in [4.78, 5) is 62.2. The van der Waals surface area contributed by atoms with Crippen molar-refractivity contribution in [3.05, 3.63) is 61.2 Å². The number of likely N-dealkylation sites (tertiary alicyclic amines) is 1. The van der Waals surface area contributed by atoms with Crippen LogP contribution in [0.15, 0.2) is 55.6 Å². The van der Waals surface area contributed by atoms with E-state index in [1.54, 1.807) is 29.0 Å². The summed E-state index contributed by atoms with van der Waals surface area (Å²) >= 11 is 0. The fraction of sp³-hybridized carbons (Fsp3) is 0.659. The molecule has 2 bridgehead atoms. The van der Waals surface area contributed by atoms with Gasteiger partial charge in [0.2, 0.25) is 17.7 Å². The van der Waals surface area contributed by atoms with Gasteiger partial charge in [-0.15, -0.1) is 13.2 Å². The van der Waals surface area contributed by atoms with Crippen LogP contribution in [0.3, 0.4) is 0 Å².